The third-order valence-electron chi connectivity index (χ3n) is 3.05. The van der Waals surface area contributed by atoms with Crippen molar-refractivity contribution >= 4 is 23.8 Å². The Morgan fingerprint density at radius 2 is 1.87 bits per heavy atom. The summed E-state index contributed by atoms with van der Waals surface area (Å²) in [4.78, 5) is 25.6. The highest BCUT2D eigenvalue weighted by Crippen LogP contribution is 2.25. The van der Waals surface area contributed by atoms with Gasteiger partial charge in [-0.3, -0.25) is 4.79 Å². The number of nitrogens with zero attached hydrogens (tertiary/aromatic N) is 1. The number of likely N-dealkylation sites (N-methyl/N-ethyl adjacent to an activating group) is 1. The lowest BCUT2D eigenvalue weighted by molar-refractivity contribution is -0.136. The number of methoxy groups -OCH3 is 1. The van der Waals surface area contributed by atoms with Gasteiger partial charge in [0.25, 0.3) is 5.76 Å². The van der Waals surface area contributed by atoms with Gasteiger partial charge in [0.2, 0.25) is 5.91 Å². The van der Waals surface area contributed by atoms with Gasteiger partial charge in [-0.15, -0.1) is 0 Å². The average Bonchev–Trinajstić information content (AvgIpc) is 2.47. The first-order chi connectivity index (χ1) is 10.7. The van der Waals surface area contributed by atoms with Crippen LogP contribution >= 0.6 is 11.8 Å². The summed E-state index contributed by atoms with van der Waals surface area (Å²) in [6.45, 7) is 3.45. The van der Waals surface area contributed by atoms with E-state index >= 15 is 0 Å². The molecule has 0 aliphatic carbocycles. The van der Waals surface area contributed by atoms with Crippen molar-refractivity contribution in [2.24, 2.45) is 0 Å². The predicted molar refractivity (Wildman–Crippen MR) is 84.4 cm³/mol. The quantitative estimate of drug-likeness (QED) is 0.804. The summed E-state index contributed by atoms with van der Waals surface area (Å²) in [5.41, 5.74) is -0.318. The summed E-state index contributed by atoms with van der Waals surface area (Å²) < 4.78 is 29.0. The molecule has 0 bridgehead atoms. The van der Waals surface area contributed by atoms with Crippen LogP contribution in [0.4, 0.5) is 13.6 Å². The van der Waals surface area contributed by atoms with Crippen LogP contribution in [-0.4, -0.2) is 42.4 Å². The Morgan fingerprint density at radius 1 is 1.30 bits per heavy atom. The molecule has 0 heterocycles. The lowest BCUT2D eigenvalue weighted by Gasteiger charge is -2.29. The van der Waals surface area contributed by atoms with Gasteiger partial charge >= 0.3 is 6.09 Å². The zero-order valence-electron chi connectivity index (χ0n) is 13.4. The largest absolute Gasteiger partial charge is 0.453 e. The second-order valence-corrected chi connectivity index (χ2v) is 6.49. The fourth-order valence-corrected chi connectivity index (χ4v) is 2.46. The van der Waals surface area contributed by atoms with Crippen LogP contribution < -0.4 is 5.32 Å². The van der Waals surface area contributed by atoms with Crippen molar-refractivity contribution in [2.45, 2.75) is 36.6 Å². The van der Waals surface area contributed by atoms with Crippen LogP contribution in [-0.2, 0) is 16.1 Å². The minimum atomic E-state index is -2.46. The SMILES string of the molecule is COC(=O)NC(C)(C)C(=O)N(C)Cc1ccc(SC(F)F)cc1. The second kappa shape index (κ2) is 8.14. The zero-order valence-corrected chi connectivity index (χ0v) is 14.2. The van der Waals surface area contributed by atoms with E-state index in [0.29, 0.717) is 23.2 Å². The van der Waals surface area contributed by atoms with E-state index < -0.39 is 17.4 Å². The van der Waals surface area contributed by atoms with Crippen molar-refractivity contribution in [3.63, 3.8) is 0 Å². The van der Waals surface area contributed by atoms with Gasteiger partial charge in [-0.05, 0) is 31.5 Å². The summed E-state index contributed by atoms with van der Waals surface area (Å²) in [6.07, 6.45) is -0.690. The fraction of sp³-hybridized carbons (Fsp3) is 0.467. The van der Waals surface area contributed by atoms with Crippen LogP contribution in [0.5, 0.6) is 0 Å². The molecular weight excluding hydrogens is 326 g/mol. The van der Waals surface area contributed by atoms with Crippen molar-refractivity contribution in [3.05, 3.63) is 29.8 Å². The number of ether oxygens (including phenoxy) is 1. The lowest BCUT2D eigenvalue weighted by Crippen LogP contribution is -2.54. The Bertz CT molecular complexity index is 550. The van der Waals surface area contributed by atoms with Crippen LogP contribution in [0.25, 0.3) is 0 Å². The average molecular weight is 346 g/mol. The number of alkyl carbamates (subject to hydrolysis) is 1. The van der Waals surface area contributed by atoms with Gasteiger partial charge in [0.1, 0.15) is 5.54 Å². The zero-order chi connectivity index (χ0) is 17.6. The van der Waals surface area contributed by atoms with E-state index in [1.807, 2.05) is 0 Å². The normalized spacial score (nSPS) is 11.3. The summed E-state index contributed by atoms with van der Waals surface area (Å²) in [5.74, 6) is -2.76. The smallest absolute Gasteiger partial charge is 0.407 e. The maximum absolute atomic E-state index is 12.4. The van der Waals surface area contributed by atoms with Gasteiger partial charge in [-0.1, -0.05) is 23.9 Å². The summed E-state index contributed by atoms with van der Waals surface area (Å²) >= 11 is 0.471. The Balaban J connectivity index is 2.69. The molecule has 0 saturated carbocycles. The van der Waals surface area contributed by atoms with Gasteiger partial charge in [0.15, 0.2) is 0 Å². The van der Waals surface area contributed by atoms with E-state index in [0.717, 1.165) is 5.56 Å². The van der Waals surface area contributed by atoms with Crippen molar-refractivity contribution < 1.29 is 23.1 Å². The predicted octanol–water partition coefficient (Wildman–Crippen LogP) is 3.09. The molecule has 0 unspecified atom stereocenters. The van der Waals surface area contributed by atoms with Crippen LogP contribution in [0.3, 0.4) is 0 Å². The van der Waals surface area contributed by atoms with Gasteiger partial charge < -0.3 is 15.0 Å². The van der Waals surface area contributed by atoms with Gasteiger partial charge in [0, 0.05) is 18.5 Å². The number of hydrogen-bond acceptors (Lipinski definition) is 4. The Hall–Kier alpha value is -1.83. The maximum atomic E-state index is 12.4. The number of carbonyl (C=O) groups is 2. The second-order valence-electron chi connectivity index (χ2n) is 5.43. The number of carbonyl (C=O) groups excluding carboxylic acids is 2. The highest BCUT2D eigenvalue weighted by atomic mass is 32.2. The van der Waals surface area contributed by atoms with E-state index in [1.165, 1.54) is 12.0 Å². The van der Waals surface area contributed by atoms with E-state index in [4.69, 9.17) is 0 Å². The number of thioether (sulfide) groups is 1. The molecule has 23 heavy (non-hydrogen) atoms. The number of hydrogen-bond donors (Lipinski definition) is 1. The van der Waals surface area contributed by atoms with Crippen molar-refractivity contribution in [2.75, 3.05) is 14.2 Å². The van der Waals surface area contributed by atoms with Crippen molar-refractivity contribution in [1.82, 2.24) is 10.2 Å². The minimum absolute atomic E-state index is 0.296. The molecule has 0 fully saturated rings. The summed E-state index contributed by atoms with van der Waals surface area (Å²) in [7, 11) is 2.82. The molecule has 0 saturated heterocycles. The third kappa shape index (κ3) is 6.05. The number of benzene rings is 1. The molecule has 1 rings (SSSR count). The van der Waals surface area contributed by atoms with E-state index in [1.54, 1.807) is 45.2 Å². The molecule has 0 radical (unpaired) electrons. The molecule has 0 aromatic heterocycles. The monoisotopic (exact) mass is 346 g/mol. The molecule has 128 valence electrons. The molecule has 1 N–H and O–H groups in total. The number of alkyl halides is 2. The Kier molecular flexibility index (Phi) is 6.80. The van der Waals surface area contributed by atoms with Crippen LogP contribution in [0.1, 0.15) is 19.4 Å². The molecule has 0 aliphatic heterocycles. The van der Waals surface area contributed by atoms with E-state index in [-0.39, 0.29) is 5.91 Å². The molecule has 1 aromatic carbocycles. The Morgan fingerprint density at radius 3 is 2.35 bits per heavy atom. The van der Waals surface area contributed by atoms with Crippen molar-refractivity contribution in [3.8, 4) is 0 Å². The van der Waals surface area contributed by atoms with Crippen LogP contribution in [0.15, 0.2) is 29.2 Å². The molecule has 0 aliphatic rings. The molecule has 2 amide bonds. The molecule has 8 heteroatoms. The van der Waals surface area contributed by atoms with Crippen LogP contribution in [0, 0.1) is 0 Å². The maximum Gasteiger partial charge on any atom is 0.407 e. The van der Waals surface area contributed by atoms with Gasteiger partial charge in [0.05, 0.1) is 7.11 Å². The van der Waals surface area contributed by atoms with E-state index in [2.05, 4.69) is 10.1 Å². The molecule has 1 aromatic rings. The standard InChI is InChI=1S/C15H20F2N2O3S/c1-15(2,18-14(21)22-4)12(20)19(3)9-10-5-7-11(8-6-10)23-13(16)17/h5-8,13H,9H2,1-4H3,(H,18,21). The number of halogens is 2. The minimum Gasteiger partial charge on any atom is -0.453 e. The van der Waals surface area contributed by atoms with Crippen LogP contribution in [0.2, 0.25) is 0 Å². The first kappa shape index (κ1) is 19.2. The number of rotatable bonds is 6. The summed E-state index contributed by atoms with van der Waals surface area (Å²) in [5, 5.41) is 2.46. The first-order valence-electron chi connectivity index (χ1n) is 6.81. The number of nitrogens with one attached hydrogen (secondary N) is 1. The number of amides is 2. The van der Waals surface area contributed by atoms with E-state index in [9.17, 15) is 18.4 Å². The fourth-order valence-electron chi connectivity index (χ4n) is 1.96. The summed E-state index contributed by atoms with van der Waals surface area (Å²) in [6, 6.07) is 6.55. The highest BCUT2D eigenvalue weighted by molar-refractivity contribution is 7.99. The third-order valence-corrected chi connectivity index (χ3v) is 3.77. The van der Waals surface area contributed by atoms with Gasteiger partial charge in [-0.2, -0.15) is 8.78 Å². The Labute approximate surface area is 138 Å². The molecule has 0 spiro atoms. The molecule has 0 atom stereocenters. The van der Waals surface area contributed by atoms with Crippen molar-refractivity contribution in [1.29, 1.82) is 0 Å². The first-order valence-corrected chi connectivity index (χ1v) is 7.69. The lowest BCUT2D eigenvalue weighted by atomic mass is 10.0. The molecular formula is C15H20F2N2O3S. The topological polar surface area (TPSA) is 58.6 Å². The molecule has 5 nitrogen and oxygen atoms in total. The van der Waals surface area contributed by atoms with Gasteiger partial charge in [-0.25, -0.2) is 4.79 Å². The highest BCUT2D eigenvalue weighted by Gasteiger charge is 2.32.